The lowest BCUT2D eigenvalue weighted by Crippen LogP contribution is -2.44. The number of carbonyl (C=O) groups excluding carboxylic acids is 1. The molecule has 2 N–H and O–H groups in total. The van der Waals surface area contributed by atoms with Crippen molar-refractivity contribution in [2.45, 2.75) is 43.8 Å². The smallest absolute Gasteiger partial charge is 0.239 e. The summed E-state index contributed by atoms with van der Waals surface area (Å²) in [5.41, 5.74) is 7.49. The summed E-state index contributed by atoms with van der Waals surface area (Å²) in [6, 6.07) is 11.2. The van der Waals surface area contributed by atoms with Gasteiger partial charge in [-0.2, -0.15) is 0 Å². The van der Waals surface area contributed by atoms with E-state index in [4.69, 9.17) is 5.73 Å². The number of fused-ring (bicyclic) bond motifs is 1. The lowest BCUT2D eigenvalue weighted by Gasteiger charge is -2.29. The second kappa shape index (κ2) is 6.16. The summed E-state index contributed by atoms with van der Waals surface area (Å²) in [7, 11) is 1.92. The highest BCUT2D eigenvalue weighted by atomic mass is 16.2. The molecule has 2 aliphatic rings. The Labute approximate surface area is 126 Å². The van der Waals surface area contributed by atoms with E-state index in [2.05, 4.69) is 35.2 Å². The van der Waals surface area contributed by atoms with Crippen LogP contribution < -0.4 is 5.73 Å². The van der Waals surface area contributed by atoms with Gasteiger partial charge in [-0.25, -0.2) is 0 Å². The van der Waals surface area contributed by atoms with Gasteiger partial charge >= 0.3 is 0 Å². The number of hydrogen-bond donors (Lipinski definition) is 1. The maximum absolute atomic E-state index is 12.4. The van der Waals surface area contributed by atoms with Crippen molar-refractivity contribution < 1.29 is 4.79 Å². The summed E-state index contributed by atoms with van der Waals surface area (Å²) in [5.74, 6) is 0.255. The van der Waals surface area contributed by atoms with Crippen molar-refractivity contribution in [1.82, 2.24) is 9.80 Å². The molecule has 0 saturated carbocycles. The first-order valence-corrected chi connectivity index (χ1v) is 7.95. The molecule has 2 saturated heterocycles. The Morgan fingerprint density at radius 1 is 1.29 bits per heavy atom. The van der Waals surface area contributed by atoms with Crippen molar-refractivity contribution in [3.05, 3.63) is 35.9 Å². The summed E-state index contributed by atoms with van der Waals surface area (Å²) in [5, 5.41) is 0. The number of rotatable bonds is 3. The number of nitrogens with zero attached hydrogens (tertiary/aromatic N) is 2. The number of likely N-dealkylation sites (N-methyl/N-ethyl adjacent to an activating group) is 1. The Hall–Kier alpha value is -1.39. The zero-order valence-electron chi connectivity index (χ0n) is 12.7. The molecular formula is C17H25N3O. The Kier molecular flexibility index (Phi) is 4.27. The molecule has 2 fully saturated rings. The number of nitrogens with two attached hydrogens (primary N) is 1. The topological polar surface area (TPSA) is 49.6 Å². The molecule has 2 aliphatic heterocycles. The van der Waals surface area contributed by atoms with E-state index < -0.39 is 0 Å². The van der Waals surface area contributed by atoms with Gasteiger partial charge in [0.25, 0.3) is 0 Å². The average molecular weight is 287 g/mol. The fourth-order valence-corrected chi connectivity index (χ4v) is 3.70. The number of amides is 1. The molecule has 21 heavy (non-hydrogen) atoms. The number of hydrogen-bond acceptors (Lipinski definition) is 3. The summed E-state index contributed by atoms with van der Waals surface area (Å²) in [6.07, 6.45) is 4.04. The molecule has 114 valence electrons. The van der Waals surface area contributed by atoms with Crippen LogP contribution in [0.2, 0.25) is 0 Å². The highest BCUT2D eigenvalue weighted by Crippen LogP contribution is 2.28. The predicted molar refractivity (Wildman–Crippen MR) is 83.9 cm³/mol. The van der Waals surface area contributed by atoms with E-state index in [1.165, 1.54) is 5.56 Å². The van der Waals surface area contributed by atoms with E-state index in [9.17, 15) is 4.79 Å². The first-order chi connectivity index (χ1) is 10.1. The molecule has 1 aromatic rings. The van der Waals surface area contributed by atoms with Gasteiger partial charge in [0.1, 0.15) is 0 Å². The predicted octanol–water partition coefficient (Wildman–Crippen LogP) is 1.25. The van der Waals surface area contributed by atoms with Crippen molar-refractivity contribution in [3.8, 4) is 0 Å². The Morgan fingerprint density at radius 3 is 2.81 bits per heavy atom. The van der Waals surface area contributed by atoms with Crippen molar-refractivity contribution in [2.75, 3.05) is 20.1 Å². The monoisotopic (exact) mass is 287 g/mol. The second-order valence-corrected chi connectivity index (χ2v) is 6.43. The van der Waals surface area contributed by atoms with Gasteiger partial charge < -0.3 is 10.6 Å². The minimum absolute atomic E-state index is 0.00766. The van der Waals surface area contributed by atoms with E-state index >= 15 is 0 Å². The van der Waals surface area contributed by atoms with E-state index in [1.807, 2.05) is 11.9 Å². The minimum Gasteiger partial charge on any atom is -0.344 e. The number of carbonyl (C=O) groups is 1. The van der Waals surface area contributed by atoms with Crippen LogP contribution in [0.4, 0.5) is 0 Å². The Morgan fingerprint density at radius 2 is 2.05 bits per heavy atom. The van der Waals surface area contributed by atoms with Crippen LogP contribution in [0.15, 0.2) is 30.3 Å². The quantitative estimate of drug-likeness (QED) is 0.910. The van der Waals surface area contributed by atoms with Crippen LogP contribution in [0, 0.1) is 0 Å². The third kappa shape index (κ3) is 3.11. The van der Waals surface area contributed by atoms with Crippen LogP contribution in [0.1, 0.15) is 24.8 Å². The molecule has 1 unspecified atom stereocenters. The van der Waals surface area contributed by atoms with Gasteiger partial charge in [0.2, 0.25) is 5.91 Å². The van der Waals surface area contributed by atoms with Crippen molar-refractivity contribution >= 4 is 5.91 Å². The number of aryl methyl sites for hydroxylation is 1. The molecule has 0 aliphatic carbocycles. The van der Waals surface area contributed by atoms with Gasteiger partial charge in [-0.15, -0.1) is 0 Å². The summed E-state index contributed by atoms with van der Waals surface area (Å²) in [6.45, 7) is 1.73. The zero-order chi connectivity index (χ0) is 14.8. The maximum atomic E-state index is 12.4. The molecule has 0 bridgehead atoms. The molecule has 2 heterocycles. The lowest BCUT2D eigenvalue weighted by molar-refractivity contribution is -0.133. The van der Waals surface area contributed by atoms with Crippen LogP contribution in [0.3, 0.4) is 0 Å². The average Bonchev–Trinajstić information content (AvgIpc) is 2.84. The van der Waals surface area contributed by atoms with Gasteiger partial charge in [-0.05, 0) is 31.2 Å². The first kappa shape index (κ1) is 14.5. The Bertz CT molecular complexity index is 490. The highest BCUT2D eigenvalue weighted by molar-refractivity contribution is 5.82. The van der Waals surface area contributed by atoms with E-state index in [1.54, 1.807) is 0 Å². The molecular weight excluding hydrogens is 262 g/mol. The summed E-state index contributed by atoms with van der Waals surface area (Å²) >= 11 is 0. The largest absolute Gasteiger partial charge is 0.344 e. The van der Waals surface area contributed by atoms with E-state index in [-0.39, 0.29) is 18.0 Å². The first-order valence-electron chi connectivity index (χ1n) is 7.95. The van der Waals surface area contributed by atoms with E-state index in [0.717, 1.165) is 38.8 Å². The fourth-order valence-electron chi connectivity index (χ4n) is 3.70. The molecule has 3 rings (SSSR count). The zero-order valence-corrected chi connectivity index (χ0v) is 12.7. The highest BCUT2D eigenvalue weighted by Gasteiger charge is 2.42. The standard InChI is InChI=1S/C17H25N3O/c1-19-10-9-15(8-7-13-5-3-2-4-6-13)20-12-14(18)11-16(20)17(19)21/h2-6,14-16H,7-12,18H2,1H3/t14-,15?,16+/m1/s1. The molecule has 0 radical (unpaired) electrons. The third-order valence-corrected chi connectivity index (χ3v) is 4.91. The molecule has 1 amide bonds. The lowest BCUT2D eigenvalue weighted by atomic mass is 10.0. The van der Waals surface area contributed by atoms with Crippen LogP contribution in [-0.2, 0) is 11.2 Å². The van der Waals surface area contributed by atoms with Gasteiger partial charge in [0, 0.05) is 32.2 Å². The molecule has 4 nitrogen and oxygen atoms in total. The van der Waals surface area contributed by atoms with Gasteiger partial charge in [0.15, 0.2) is 0 Å². The Balaban J connectivity index is 1.70. The molecule has 0 aromatic heterocycles. The van der Waals surface area contributed by atoms with Crippen LogP contribution in [0.5, 0.6) is 0 Å². The second-order valence-electron chi connectivity index (χ2n) is 6.43. The molecule has 3 atom stereocenters. The van der Waals surface area contributed by atoms with Crippen molar-refractivity contribution in [3.63, 3.8) is 0 Å². The third-order valence-electron chi connectivity index (χ3n) is 4.91. The van der Waals surface area contributed by atoms with Crippen molar-refractivity contribution in [1.29, 1.82) is 0 Å². The normalized spacial score (nSPS) is 30.3. The van der Waals surface area contributed by atoms with Crippen molar-refractivity contribution in [2.24, 2.45) is 5.73 Å². The molecule has 0 spiro atoms. The summed E-state index contributed by atoms with van der Waals surface area (Å²) in [4.78, 5) is 16.7. The van der Waals surface area contributed by atoms with Crippen LogP contribution in [0.25, 0.3) is 0 Å². The van der Waals surface area contributed by atoms with E-state index in [0.29, 0.717) is 6.04 Å². The fraction of sp³-hybridized carbons (Fsp3) is 0.588. The minimum atomic E-state index is 0.00766. The molecule has 4 heteroatoms. The molecule has 1 aromatic carbocycles. The van der Waals surface area contributed by atoms with Gasteiger partial charge in [-0.3, -0.25) is 9.69 Å². The summed E-state index contributed by atoms with van der Waals surface area (Å²) < 4.78 is 0. The van der Waals surface area contributed by atoms with Gasteiger partial charge in [-0.1, -0.05) is 30.3 Å². The van der Waals surface area contributed by atoms with Crippen LogP contribution in [-0.4, -0.2) is 54.0 Å². The SMILES string of the molecule is CN1CCC(CCc2ccccc2)N2C[C@H](N)C[C@H]2C1=O. The maximum Gasteiger partial charge on any atom is 0.239 e. The number of benzene rings is 1. The van der Waals surface area contributed by atoms with Gasteiger partial charge in [0.05, 0.1) is 6.04 Å². The van der Waals surface area contributed by atoms with Crippen LogP contribution >= 0.6 is 0 Å².